The summed E-state index contributed by atoms with van der Waals surface area (Å²) in [6, 6.07) is 6.10. The normalized spacial score (nSPS) is 41.4. The second-order valence-electron chi connectivity index (χ2n) is 13.4. The van der Waals surface area contributed by atoms with E-state index < -0.39 is 34.6 Å². The monoisotopic (exact) mass is 519 g/mol. The first-order valence-corrected chi connectivity index (χ1v) is 14.0. The number of benzene rings is 1. The number of fused-ring (bicyclic) bond motifs is 1. The Balaban J connectivity index is 1.48. The average molecular weight is 520 g/mol. The molecular formula is C31H37NO6. The zero-order valence-electron chi connectivity index (χ0n) is 22.6. The first-order chi connectivity index (χ1) is 17.9. The molecule has 1 aromatic carbocycles. The summed E-state index contributed by atoms with van der Waals surface area (Å²) >= 11 is 0. The molecule has 7 rings (SSSR count). The molecule has 0 radical (unpaired) electrons. The lowest BCUT2D eigenvalue weighted by molar-refractivity contribution is -0.194. The van der Waals surface area contributed by atoms with Crippen molar-refractivity contribution in [1.82, 2.24) is 0 Å². The number of amides is 2. The lowest BCUT2D eigenvalue weighted by Gasteiger charge is -2.68. The molecule has 0 unspecified atom stereocenters. The molecule has 2 amide bonds. The molecule has 1 aromatic rings. The van der Waals surface area contributed by atoms with E-state index in [9.17, 15) is 29.4 Å². The van der Waals surface area contributed by atoms with Gasteiger partial charge in [0.15, 0.2) is 0 Å². The topological polar surface area (TPSA) is 112 Å². The first kappa shape index (κ1) is 25.3. The van der Waals surface area contributed by atoms with Crippen molar-refractivity contribution in [2.24, 2.45) is 51.8 Å². The lowest BCUT2D eigenvalue weighted by atomic mass is 9.34. The fraction of sp³-hybridized carbons (Fsp3) is 0.613. The first-order valence-electron chi connectivity index (χ1n) is 14.0. The van der Waals surface area contributed by atoms with Crippen LogP contribution in [-0.2, 0) is 14.4 Å². The highest BCUT2D eigenvalue weighted by atomic mass is 16.4. The van der Waals surface area contributed by atoms with Crippen LogP contribution in [0.2, 0.25) is 0 Å². The van der Waals surface area contributed by atoms with E-state index in [0.717, 1.165) is 25.7 Å². The van der Waals surface area contributed by atoms with Gasteiger partial charge in [-0.15, -0.1) is 0 Å². The second kappa shape index (κ2) is 8.03. The molecule has 1 spiro atoms. The van der Waals surface area contributed by atoms with Gasteiger partial charge in [0, 0.05) is 5.41 Å². The van der Waals surface area contributed by atoms with Crippen LogP contribution in [0.25, 0.3) is 0 Å². The van der Waals surface area contributed by atoms with Crippen molar-refractivity contribution >= 4 is 29.4 Å². The third kappa shape index (κ3) is 3.02. The van der Waals surface area contributed by atoms with Crippen molar-refractivity contribution < 1.29 is 29.4 Å². The van der Waals surface area contributed by atoms with E-state index in [-0.39, 0.29) is 46.5 Å². The fourth-order valence-electron chi connectivity index (χ4n) is 9.99. The van der Waals surface area contributed by atoms with Gasteiger partial charge in [-0.25, -0.2) is 9.69 Å². The van der Waals surface area contributed by atoms with E-state index in [1.165, 1.54) is 22.6 Å². The Morgan fingerprint density at radius 2 is 1.76 bits per heavy atom. The number of carbonyl (C=O) groups excluding carboxylic acids is 2. The van der Waals surface area contributed by atoms with Gasteiger partial charge in [-0.2, -0.15) is 0 Å². The van der Waals surface area contributed by atoms with Gasteiger partial charge in [-0.05, 0) is 86.3 Å². The summed E-state index contributed by atoms with van der Waals surface area (Å²) in [6.45, 7) is 8.48. The number of aromatic carboxylic acids is 1. The van der Waals surface area contributed by atoms with Crippen LogP contribution < -0.4 is 4.90 Å². The van der Waals surface area contributed by atoms with Crippen LogP contribution in [0.15, 0.2) is 35.9 Å². The highest BCUT2D eigenvalue weighted by molar-refractivity contribution is 6.23. The van der Waals surface area contributed by atoms with Gasteiger partial charge in [0.2, 0.25) is 11.8 Å². The largest absolute Gasteiger partial charge is 0.481 e. The van der Waals surface area contributed by atoms with E-state index in [2.05, 4.69) is 26.8 Å². The van der Waals surface area contributed by atoms with Crippen LogP contribution in [0.5, 0.6) is 0 Å². The third-order valence-corrected chi connectivity index (χ3v) is 11.5. The molecule has 7 nitrogen and oxygen atoms in total. The van der Waals surface area contributed by atoms with Gasteiger partial charge in [0.05, 0.1) is 28.5 Å². The van der Waals surface area contributed by atoms with Crippen molar-refractivity contribution in [1.29, 1.82) is 0 Å². The minimum Gasteiger partial charge on any atom is -0.481 e. The Morgan fingerprint density at radius 3 is 2.42 bits per heavy atom. The van der Waals surface area contributed by atoms with Crippen LogP contribution in [0, 0.1) is 51.8 Å². The van der Waals surface area contributed by atoms with E-state index in [1.807, 2.05) is 6.92 Å². The molecule has 2 bridgehead atoms. The molecule has 5 aliphatic carbocycles. The van der Waals surface area contributed by atoms with E-state index in [4.69, 9.17) is 0 Å². The number of hydrogen-bond acceptors (Lipinski definition) is 4. The Labute approximate surface area is 223 Å². The zero-order valence-corrected chi connectivity index (χ0v) is 22.6. The molecule has 1 aliphatic heterocycles. The van der Waals surface area contributed by atoms with Crippen LogP contribution in [0.4, 0.5) is 5.69 Å². The molecule has 3 saturated carbocycles. The van der Waals surface area contributed by atoms with Gasteiger partial charge >= 0.3 is 11.9 Å². The average Bonchev–Trinajstić information content (AvgIpc) is 3.15. The molecule has 38 heavy (non-hydrogen) atoms. The summed E-state index contributed by atoms with van der Waals surface area (Å²) in [5, 5.41) is 19.8. The van der Waals surface area contributed by atoms with Crippen molar-refractivity contribution in [2.45, 2.75) is 66.2 Å². The molecule has 8 atom stereocenters. The number of anilines is 1. The Hall–Kier alpha value is -2.96. The molecular weight excluding hydrogens is 482 g/mol. The maximum Gasteiger partial charge on any atom is 0.335 e. The summed E-state index contributed by atoms with van der Waals surface area (Å²) in [7, 11) is 0. The Morgan fingerprint density at radius 1 is 1.03 bits per heavy atom. The number of carbonyl (C=O) groups is 4. The lowest BCUT2D eigenvalue weighted by Crippen LogP contribution is -2.65. The number of aliphatic carboxylic acids is 1. The molecule has 2 N–H and O–H groups in total. The summed E-state index contributed by atoms with van der Waals surface area (Å²) in [5.74, 6) is -2.89. The maximum absolute atomic E-state index is 14.3. The Bertz CT molecular complexity index is 1300. The highest BCUT2D eigenvalue weighted by Crippen LogP contribution is 2.74. The molecule has 202 valence electrons. The fourth-order valence-corrected chi connectivity index (χ4v) is 9.99. The quantitative estimate of drug-likeness (QED) is 0.407. The van der Waals surface area contributed by atoms with Crippen LogP contribution >= 0.6 is 0 Å². The van der Waals surface area contributed by atoms with Gasteiger partial charge in [0.1, 0.15) is 0 Å². The highest BCUT2D eigenvalue weighted by Gasteiger charge is 2.73. The number of carboxylic acids is 2. The number of imide groups is 1. The zero-order chi connectivity index (χ0) is 27.4. The second-order valence-corrected chi connectivity index (χ2v) is 13.4. The van der Waals surface area contributed by atoms with Crippen molar-refractivity contribution in [3.8, 4) is 0 Å². The van der Waals surface area contributed by atoms with E-state index in [1.54, 1.807) is 12.1 Å². The van der Waals surface area contributed by atoms with Gasteiger partial charge in [-0.1, -0.05) is 44.9 Å². The summed E-state index contributed by atoms with van der Waals surface area (Å²) in [4.78, 5) is 53.8. The number of allylic oxidation sites excluding steroid dienone is 2. The Kier molecular flexibility index (Phi) is 5.35. The number of hydrogen-bond donors (Lipinski definition) is 2. The molecule has 0 aromatic heterocycles. The predicted octanol–water partition coefficient (Wildman–Crippen LogP) is 5.40. The minimum absolute atomic E-state index is 0.0288. The van der Waals surface area contributed by atoms with Crippen molar-refractivity contribution in [3.63, 3.8) is 0 Å². The van der Waals surface area contributed by atoms with Crippen molar-refractivity contribution in [2.75, 3.05) is 4.90 Å². The maximum atomic E-state index is 14.3. The minimum atomic E-state index is -1.10. The predicted molar refractivity (Wildman–Crippen MR) is 140 cm³/mol. The van der Waals surface area contributed by atoms with Crippen LogP contribution in [-0.4, -0.2) is 34.0 Å². The molecule has 1 saturated heterocycles. The van der Waals surface area contributed by atoms with Crippen LogP contribution in [0.1, 0.15) is 76.6 Å². The molecule has 1 heterocycles. The number of rotatable bonds is 4. The summed E-state index contributed by atoms with van der Waals surface area (Å²) in [6.07, 6.45) is 7.05. The van der Waals surface area contributed by atoms with Gasteiger partial charge < -0.3 is 10.2 Å². The third-order valence-electron chi connectivity index (χ3n) is 11.5. The molecule has 7 heteroatoms. The standard InChI is InChI=1S/C31H37NO6/c1-16(2)20-15-31-12-9-21-29(3,10-6-11-30(21,4)28(37)38)22(31)14-19(20)23-24(31)26(34)32(25(23)33)18-8-5-7-17(13-18)27(35)36/h5,7-8,13,15-16,19,21-24H,6,9-12,14H2,1-4H3,(H,35,36)(H,37,38)/t19-,21-,22-,23-,24-,29-,30+,31-/m0/s1. The van der Waals surface area contributed by atoms with Gasteiger partial charge in [0.25, 0.3) is 0 Å². The number of carboxylic acid groups (broad SMARTS) is 2. The van der Waals surface area contributed by atoms with Crippen molar-refractivity contribution in [3.05, 3.63) is 41.5 Å². The van der Waals surface area contributed by atoms with E-state index in [0.29, 0.717) is 18.5 Å². The molecule has 4 fully saturated rings. The number of nitrogens with zero attached hydrogens (tertiary/aromatic N) is 1. The van der Waals surface area contributed by atoms with Crippen LogP contribution in [0.3, 0.4) is 0 Å². The SMILES string of the molecule is CC(C)C1=C[C@@]23CC[C@H]4[C@](C)(CCC[C@@]4(C)C(=O)O)[C@@H]2C[C@@H]1[C@@H]1C(=O)N(c2cccc(C(=O)O)c2)C(=O)[C@H]13. The van der Waals surface area contributed by atoms with E-state index >= 15 is 0 Å². The summed E-state index contributed by atoms with van der Waals surface area (Å²) in [5.41, 5.74) is 0.112. The van der Waals surface area contributed by atoms with Gasteiger partial charge in [-0.3, -0.25) is 14.4 Å². The molecule has 6 aliphatic rings. The summed E-state index contributed by atoms with van der Waals surface area (Å²) < 4.78 is 0. The smallest absolute Gasteiger partial charge is 0.335 e.